The Morgan fingerprint density at radius 1 is 1.04 bits per heavy atom. The van der Waals surface area contributed by atoms with Crippen LogP contribution in [0.5, 0.6) is 0 Å². The number of halogens is 1. The third-order valence-corrected chi connectivity index (χ3v) is 5.68. The number of nitrogens with zero attached hydrogens (tertiary/aromatic N) is 1. The van der Waals surface area contributed by atoms with Gasteiger partial charge in [0.05, 0.1) is 21.2 Å². The molecule has 0 radical (unpaired) electrons. The summed E-state index contributed by atoms with van der Waals surface area (Å²) in [6.45, 7) is 0. The number of nitriles is 1. The lowest BCUT2D eigenvalue weighted by Gasteiger charge is -2.17. The zero-order valence-corrected chi connectivity index (χ0v) is 13.9. The third-order valence-electron chi connectivity index (χ3n) is 3.97. The highest BCUT2D eigenvalue weighted by molar-refractivity contribution is 7.92. The van der Waals surface area contributed by atoms with Crippen LogP contribution in [0.15, 0.2) is 41.3 Å². The lowest BCUT2D eigenvalue weighted by atomic mass is 9.92. The van der Waals surface area contributed by atoms with E-state index in [1.807, 2.05) is 12.1 Å². The molecule has 0 fully saturated rings. The molecule has 0 unspecified atom stereocenters. The average Bonchev–Trinajstić information content (AvgIpc) is 2.56. The third kappa shape index (κ3) is 3.34. The Bertz CT molecular complexity index is 901. The first-order valence-electron chi connectivity index (χ1n) is 7.34. The molecular weight excluding hydrogens is 332 g/mol. The van der Waals surface area contributed by atoms with E-state index in [-0.39, 0.29) is 10.5 Å². The van der Waals surface area contributed by atoms with E-state index in [1.54, 1.807) is 18.2 Å². The smallest absolute Gasteiger partial charge is 0.261 e. The number of aryl methyl sites for hydroxylation is 2. The Balaban J connectivity index is 1.92. The lowest BCUT2D eigenvalue weighted by Crippen LogP contribution is -2.14. The molecule has 0 amide bonds. The van der Waals surface area contributed by atoms with E-state index in [9.17, 15) is 8.42 Å². The Morgan fingerprint density at radius 2 is 1.78 bits per heavy atom. The molecule has 0 aliphatic heterocycles. The molecule has 0 heterocycles. The van der Waals surface area contributed by atoms with Crippen LogP contribution in [0.1, 0.15) is 29.5 Å². The van der Waals surface area contributed by atoms with Gasteiger partial charge in [0.15, 0.2) is 0 Å². The second-order valence-corrected chi connectivity index (χ2v) is 7.64. The van der Waals surface area contributed by atoms with Gasteiger partial charge in [-0.2, -0.15) is 5.26 Å². The minimum Gasteiger partial charge on any atom is -0.280 e. The first kappa shape index (κ1) is 15.9. The maximum atomic E-state index is 12.5. The SMILES string of the molecule is N#Cc1cc(NS(=O)(=O)c2ccc3c(c2)CCCC3)ccc1Cl. The monoisotopic (exact) mass is 346 g/mol. The van der Waals surface area contributed by atoms with Gasteiger partial charge in [-0.1, -0.05) is 17.7 Å². The van der Waals surface area contributed by atoms with Crippen LogP contribution in [0.25, 0.3) is 0 Å². The summed E-state index contributed by atoms with van der Waals surface area (Å²) >= 11 is 5.86. The molecule has 0 aromatic heterocycles. The quantitative estimate of drug-likeness (QED) is 0.916. The van der Waals surface area contributed by atoms with Gasteiger partial charge in [0.1, 0.15) is 6.07 Å². The summed E-state index contributed by atoms with van der Waals surface area (Å²) in [6, 6.07) is 11.7. The second kappa shape index (κ2) is 6.23. The van der Waals surface area contributed by atoms with Crippen molar-refractivity contribution in [3.63, 3.8) is 0 Å². The molecule has 2 aromatic carbocycles. The summed E-state index contributed by atoms with van der Waals surface area (Å²) in [7, 11) is -3.69. The maximum Gasteiger partial charge on any atom is 0.261 e. The number of rotatable bonds is 3. The van der Waals surface area contributed by atoms with E-state index in [0.717, 1.165) is 31.2 Å². The maximum absolute atomic E-state index is 12.5. The second-order valence-electron chi connectivity index (χ2n) is 5.55. The number of benzene rings is 2. The van der Waals surface area contributed by atoms with Gasteiger partial charge < -0.3 is 0 Å². The van der Waals surface area contributed by atoms with E-state index < -0.39 is 10.0 Å². The Morgan fingerprint density at radius 3 is 2.52 bits per heavy atom. The molecule has 0 saturated carbocycles. The molecule has 23 heavy (non-hydrogen) atoms. The summed E-state index contributed by atoms with van der Waals surface area (Å²) < 4.78 is 27.6. The van der Waals surface area contributed by atoms with Crippen LogP contribution in [-0.2, 0) is 22.9 Å². The van der Waals surface area contributed by atoms with Gasteiger partial charge in [-0.05, 0) is 67.1 Å². The van der Waals surface area contributed by atoms with Gasteiger partial charge >= 0.3 is 0 Å². The normalized spacial score (nSPS) is 13.9. The molecule has 4 nitrogen and oxygen atoms in total. The number of anilines is 1. The standard InChI is InChI=1S/C17H15ClN2O2S/c18-17-8-6-15(9-14(17)11-19)20-23(21,22)16-7-5-12-3-1-2-4-13(12)10-16/h5-10,20H,1-4H2. The molecule has 0 atom stereocenters. The predicted molar refractivity (Wildman–Crippen MR) is 90.1 cm³/mol. The molecule has 6 heteroatoms. The molecule has 0 saturated heterocycles. The molecular formula is C17H15ClN2O2S. The number of hydrogen-bond acceptors (Lipinski definition) is 3. The van der Waals surface area contributed by atoms with Crippen LogP contribution in [0.2, 0.25) is 5.02 Å². The molecule has 0 spiro atoms. The number of nitrogens with one attached hydrogen (secondary N) is 1. The summed E-state index contributed by atoms with van der Waals surface area (Å²) in [5, 5.41) is 9.27. The lowest BCUT2D eigenvalue weighted by molar-refractivity contribution is 0.600. The van der Waals surface area contributed by atoms with Crippen LogP contribution in [0.4, 0.5) is 5.69 Å². The highest BCUT2D eigenvalue weighted by Crippen LogP contribution is 2.26. The summed E-state index contributed by atoms with van der Waals surface area (Å²) in [5.74, 6) is 0. The van der Waals surface area contributed by atoms with Crippen molar-refractivity contribution in [1.29, 1.82) is 5.26 Å². The van der Waals surface area contributed by atoms with Crippen molar-refractivity contribution in [3.05, 3.63) is 58.1 Å². The molecule has 2 aromatic rings. The largest absolute Gasteiger partial charge is 0.280 e. The van der Waals surface area contributed by atoms with Crippen molar-refractivity contribution < 1.29 is 8.42 Å². The van der Waals surface area contributed by atoms with Crippen LogP contribution < -0.4 is 4.72 Å². The summed E-state index contributed by atoms with van der Waals surface area (Å²) in [6.07, 6.45) is 4.16. The average molecular weight is 347 g/mol. The number of fused-ring (bicyclic) bond motifs is 1. The van der Waals surface area contributed by atoms with Crippen LogP contribution in [-0.4, -0.2) is 8.42 Å². The van der Waals surface area contributed by atoms with Crippen molar-refractivity contribution in [1.82, 2.24) is 0 Å². The van der Waals surface area contributed by atoms with E-state index in [2.05, 4.69) is 4.72 Å². The fourth-order valence-electron chi connectivity index (χ4n) is 2.77. The van der Waals surface area contributed by atoms with E-state index in [1.165, 1.54) is 17.7 Å². The van der Waals surface area contributed by atoms with Crippen molar-refractivity contribution in [3.8, 4) is 6.07 Å². The molecule has 1 aliphatic carbocycles. The Kier molecular flexibility index (Phi) is 4.29. The molecule has 0 bridgehead atoms. The highest BCUT2D eigenvalue weighted by Gasteiger charge is 2.18. The first-order valence-corrected chi connectivity index (χ1v) is 9.20. The topological polar surface area (TPSA) is 70.0 Å². The van der Waals surface area contributed by atoms with Crippen LogP contribution in [0, 0.1) is 11.3 Å². The zero-order chi connectivity index (χ0) is 16.4. The Hall–Kier alpha value is -2.03. The molecule has 1 N–H and O–H groups in total. The highest BCUT2D eigenvalue weighted by atomic mass is 35.5. The first-order chi connectivity index (χ1) is 11.0. The van der Waals surface area contributed by atoms with E-state index >= 15 is 0 Å². The van der Waals surface area contributed by atoms with Crippen LogP contribution in [0.3, 0.4) is 0 Å². The number of hydrogen-bond donors (Lipinski definition) is 1. The minimum atomic E-state index is -3.69. The van der Waals surface area contributed by atoms with Crippen molar-refractivity contribution in [2.24, 2.45) is 0 Å². The van der Waals surface area contributed by atoms with Gasteiger partial charge in [0, 0.05) is 0 Å². The summed E-state index contributed by atoms with van der Waals surface area (Å²) in [5.41, 5.74) is 2.89. The fourth-order valence-corrected chi connectivity index (χ4v) is 4.03. The summed E-state index contributed by atoms with van der Waals surface area (Å²) in [4.78, 5) is 0.242. The van der Waals surface area contributed by atoms with Crippen molar-refractivity contribution in [2.75, 3.05) is 4.72 Å². The van der Waals surface area contributed by atoms with Gasteiger partial charge in [0.2, 0.25) is 0 Å². The van der Waals surface area contributed by atoms with Crippen LogP contribution >= 0.6 is 11.6 Å². The van der Waals surface area contributed by atoms with Crippen molar-refractivity contribution in [2.45, 2.75) is 30.6 Å². The van der Waals surface area contributed by atoms with Crippen molar-refractivity contribution >= 4 is 27.3 Å². The minimum absolute atomic E-state index is 0.234. The zero-order valence-electron chi connectivity index (χ0n) is 12.3. The van der Waals surface area contributed by atoms with E-state index in [4.69, 9.17) is 16.9 Å². The molecule has 3 rings (SSSR count). The van der Waals surface area contributed by atoms with Gasteiger partial charge in [0.25, 0.3) is 10.0 Å². The van der Waals surface area contributed by atoms with E-state index in [0.29, 0.717) is 10.7 Å². The van der Waals surface area contributed by atoms with Gasteiger partial charge in [-0.15, -0.1) is 0 Å². The van der Waals surface area contributed by atoms with Gasteiger partial charge in [-0.3, -0.25) is 4.72 Å². The molecule has 1 aliphatic rings. The van der Waals surface area contributed by atoms with Gasteiger partial charge in [-0.25, -0.2) is 8.42 Å². The predicted octanol–water partition coefficient (Wildman–Crippen LogP) is 3.89. The molecule has 118 valence electrons. The number of sulfonamides is 1. The Labute approximate surface area is 140 Å². The fraction of sp³-hybridized carbons (Fsp3) is 0.235.